The van der Waals surface area contributed by atoms with Crippen LogP contribution in [0.4, 0.5) is 0 Å². The zero-order chi connectivity index (χ0) is 10.5. The third-order valence-electron chi connectivity index (χ3n) is 2.91. The van der Waals surface area contributed by atoms with E-state index in [1.807, 2.05) is 12.3 Å². The molecule has 2 heterocycles. The first-order chi connectivity index (χ1) is 7.42. The number of rotatable bonds is 4. The smallest absolute Gasteiger partial charge is 0.0950 e. The third kappa shape index (κ3) is 4.36. The average molecular weight is 279 g/mol. The lowest BCUT2D eigenvalue weighted by molar-refractivity contribution is 0.174. The van der Waals surface area contributed by atoms with Crippen molar-refractivity contribution >= 4 is 24.8 Å². The Morgan fingerprint density at radius 3 is 2.65 bits per heavy atom. The van der Waals surface area contributed by atoms with Crippen LogP contribution < -0.4 is 5.32 Å². The molecule has 0 unspecified atom stereocenters. The van der Waals surface area contributed by atoms with E-state index in [2.05, 4.69) is 22.9 Å². The van der Waals surface area contributed by atoms with Gasteiger partial charge in [0, 0.05) is 37.8 Å². The van der Waals surface area contributed by atoms with Crippen LogP contribution in [0, 0.1) is 0 Å². The van der Waals surface area contributed by atoms with Gasteiger partial charge in [0.2, 0.25) is 0 Å². The van der Waals surface area contributed by atoms with E-state index >= 15 is 0 Å². The maximum absolute atomic E-state index is 5.16. The number of hydrogen-bond donors (Lipinski definition) is 1. The summed E-state index contributed by atoms with van der Waals surface area (Å²) in [5.74, 6) is 0. The van der Waals surface area contributed by atoms with Crippen LogP contribution in [0.25, 0.3) is 0 Å². The van der Waals surface area contributed by atoms with Crippen molar-refractivity contribution in [2.24, 2.45) is 0 Å². The molecule has 0 spiro atoms. The largest absolute Gasteiger partial charge is 0.472 e. The molecule has 0 saturated carbocycles. The van der Waals surface area contributed by atoms with Gasteiger partial charge in [0.05, 0.1) is 12.5 Å². The van der Waals surface area contributed by atoms with Gasteiger partial charge in [-0.15, -0.1) is 31.4 Å². The molecule has 1 aliphatic rings. The van der Waals surface area contributed by atoms with Crippen molar-refractivity contribution in [2.75, 3.05) is 26.2 Å². The Bertz CT molecular complexity index is 297. The first kappa shape index (κ1) is 16.5. The van der Waals surface area contributed by atoms with Crippen LogP contribution in [-0.4, -0.2) is 31.1 Å². The summed E-state index contributed by atoms with van der Waals surface area (Å²) in [5, 5.41) is 3.37. The second-order valence-corrected chi connectivity index (χ2v) is 3.88. The fraction of sp³-hybridized carbons (Fsp3) is 0.500. The lowest BCUT2D eigenvalue weighted by atomic mass is 10.0. The average Bonchev–Trinajstić information content (AvgIpc) is 2.80. The summed E-state index contributed by atoms with van der Waals surface area (Å²) in [6.45, 7) is 8.18. The quantitative estimate of drug-likeness (QED) is 0.859. The molecule has 0 aliphatic carbocycles. The Labute approximate surface area is 115 Å². The highest BCUT2D eigenvalue weighted by molar-refractivity contribution is 5.85. The summed E-state index contributed by atoms with van der Waals surface area (Å²) in [5.41, 5.74) is 1.26. The molecule has 1 saturated heterocycles. The van der Waals surface area contributed by atoms with Gasteiger partial charge in [0.1, 0.15) is 0 Å². The van der Waals surface area contributed by atoms with Crippen molar-refractivity contribution in [1.29, 1.82) is 0 Å². The Morgan fingerprint density at radius 1 is 1.41 bits per heavy atom. The van der Waals surface area contributed by atoms with Crippen molar-refractivity contribution in [3.05, 3.63) is 36.8 Å². The molecular formula is C12H20Cl2N2O. The van der Waals surface area contributed by atoms with Gasteiger partial charge in [0.25, 0.3) is 0 Å². The van der Waals surface area contributed by atoms with Gasteiger partial charge in [-0.25, -0.2) is 0 Å². The van der Waals surface area contributed by atoms with E-state index < -0.39 is 0 Å². The van der Waals surface area contributed by atoms with Crippen molar-refractivity contribution in [3.8, 4) is 0 Å². The molecule has 1 aromatic rings. The molecule has 0 radical (unpaired) electrons. The summed E-state index contributed by atoms with van der Waals surface area (Å²) < 4.78 is 5.16. The Morgan fingerprint density at radius 2 is 2.12 bits per heavy atom. The van der Waals surface area contributed by atoms with Crippen molar-refractivity contribution in [2.45, 2.75) is 12.5 Å². The molecule has 17 heavy (non-hydrogen) atoms. The number of nitrogens with one attached hydrogen (secondary N) is 1. The molecule has 3 nitrogen and oxygen atoms in total. The van der Waals surface area contributed by atoms with E-state index in [9.17, 15) is 0 Å². The summed E-state index contributed by atoms with van der Waals surface area (Å²) >= 11 is 0. The summed E-state index contributed by atoms with van der Waals surface area (Å²) in [4.78, 5) is 2.49. The van der Waals surface area contributed by atoms with Gasteiger partial charge < -0.3 is 9.73 Å². The number of nitrogens with zero attached hydrogens (tertiary/aromatic N) is 1. The highest BCUT2D eigenvalue weighted by Gasteiger charge is 2.21. The lowest BCUT2D eigenvalue weighted by Crippen LogP contribution is -2.45. The molecule has 2 rings (SSSR count). The standard InChI is InChI=1S/C12H18N2O.2ClH/c1-2-3-12(11-4-9-15-10-11)14-7-5-13-6-8-14;;/h2,4,9-10,12-13H,1,3,5-8H2;2*1H/t12-;;/m1../s1. The van der Waals surface area contributed by atoms with Crippen molar-refractivity contribution < 1.29 is 4.42 Å². The van der Waals surface area contributed by atoms with E-state index in [4.69, 9.17) is 4.42 Å². The van der Waals surface area contributed by atoms with E-state index in [-0.39, 0.29) is 24.8 Å². The van der Waals surface area contributed by atoms with Gasteiger partial charge >= 0.3 is 0 Å². The van der Waals surface area contributed by atoms with Crippen LogP contribution >= 0.6 is 24.8 Å². The summed E-state index contributed by atoms with van der Waals surface area (Å²) in [6.07, 6.45) is 6.56. The zero-order valence-corrected chi connectivity index (χ0v) is 11.4. The normalized spacial score (nSPS) is 17.6. The van der Waals surface area contributed by atoms with E-state index in [1.54, 1.807) is 6.26 Å². The van der Waals surface area contributed by atoms with E-state index in [0.717, 1.165) is 32.6 Å². The summed E-state index contributed by atoms with van der Waals surface area (Å²) in [7, 11) is 0. The first-order valence-corrected chi connectivity index (χ1v) is 5.49. The second-order valence-electron chi connectivity index (χ2n) is 3.88. The maximum atomic E-state index is 5.16. The highest BCUT2D eigenvalue weighted by Crippen LogP contribution is 2.25. The molecule has 0 aromatic carbocycles. The predicted octanol–water partition coefficient (Wildman–Crippen LogP) is 2.65. The van der Waals surface area contributed by atoms with Crippen molar-refractivity contribution in [3.63, 3.8) is 0 Å². The minimum atomic E-state index is 0. The molecule has 1 aliphatic heterocycles. The molecule has 1 N–H and O–H groups in total. The maximum Gasteiger partial charge on any atom is 0.0950 e. The monoisotopic (exact) mass is 278 g/mol. The fourth-order valence-corrected chi connectivity index (χ4v) is 2.11. The number of hydrogen-bond acceptors (Lipinski definition) is 3. The molecule has 1 fully saturated rings. The van der Waals surface area contributed by atoms with Crippen LogP contribution in [0.2, 0.25) is 0 Å². The third-order valence-corrected chi connectivity index (χ3v) is 2.91. The van der Waals surface area contributed by atoms with Gasteiger partial charge in [-0.3, -0.25) is 4.90 Å². The minimum Gasteiger partial charge on any atom is -0.472 e. The second kappa shape index (κ2) is 8.59. The van der Waals surface area contributed by atoms with Gasteiger partial charge in [-0.2, -0.15) is 0 Å². The number of piperazine rings is 1. The molecule has 5 heteroatoms. The Balaban J connectivity index is 0.00000128. The molecule has 0 amide bonds. The number of halogens is 2. The van der Waals surface area contributed by atoms with Crippen LogP contribution in [-0.2, 0) is 0 Å². The Hall–Kier alpha value is -0.480. The SMILES string of the molecule is C=CC[C@H](c1ccoc1)N1CCNCC1.Cl.Cl. The van der Waals surface area contributed by atoms with Crippen LogP contribution in [0.1, 0.15) is 18.0 Å². The van der Waals surface area contributed by atoms with Gasteiger partial charge in [-0.1, -0.05) is 6.08 Å². The van der Waals surface area contributed by atoms with E-state index in [0.29, 0.717) is 6.04 Å². The molecule has 1 atom stereocenters. The predicted molar refractivity (Wildman–Crippen MR) is 75.2 cm³/mol. The highest BCUT2D eigenvalue weighted by atomic mass is 35.5. The fourth-order valence-electron chi connectivity index (χ4n) is 2.11. The topological polar surface area (TPSA) is 28.4 Å². The van der Waals surface area contributed by atoms with Crippen LogP contribution in [0.15, 0.2) is 35.7 Å². The number of furan rings is 1. The van der Waals surface area contributed by atoms with E-state index in [1.165, 1.54) is 5.56 Å². The molecule has 0 bridgehead atoms. The van der Waals surface area contributed by atoms with Crippen LogP contribution in [0.5, 0.6) is 0 Å². The summed E-state index contributed by atoms with van der Waals surface area (Å²) in [6, 6.07) is 2.49. The lowest BCUT2D eigenvalue weighted by Gasteiger charge is -2.33. The minimum absolute atomic E-state index is 0. The Kier molecular flexibility index (Phi) is 8.35. The molecule has 1 aromatic heterocycles. The zero-order valence-electron chi connectivity index (χ0n) is 9.80. The first-order valence-electron chi connectivity index (χ1n) is 5.49. The van der Waals surface area contributed by atoms with Gasteiger partial charge in [-0.05, 0) is 12.5 Å². The molecular weight excluding hydrogens is 259 g/mol. The molecule has 98 valence electrons. The van der Waals surface area contributed by atoms with Crippen LogP contribution in [0.3, 0.4) is 0 Å². The van der Waals surface area contributed by atoms with Gasteiger partial charge in [0.15, 0.2) is 0 Å². The van der Waals surface area contributed by atoms with Crippen molar-refractivity contribution in [1.82, 2.24) is 10.2 Å².